The van der Waals surface area contributed by atoms with Crippen LogP contribution in [0.15, 0.2) is 12.2 Å². The van der Waals surface area contributed by atoms with Crippen LogP contribution in [0.3, 0.4) is 0 Å². The van der Waals surface area contributed by atoms with E-state index in [0.717, 1.165) is 32.4 Å². The normalized spacial score (nSPS) is 15.2. The molecule has 0 bridgehead atoms. The Morgan fingerprint density at radius 2 is 1.21 bits per heavy atom. The van der Waals surface area contributed by atoms with Crippen LogP contribution in [0.2, 0.25) is 0 Å². The topological polar surface area (TPSA) is 20.3 Å². The first-order chi connectivity index (χ1) is 14.3. The molecule has 1 fully saturated rings. The van der Waals surface area contributed by atoms with E-state index in [0.29, 0.717) is 11.8 Å². The smallest absolute Gasteiger partial charge is 0.225 e. The van der Waals surface area contributed by atoms with Gasteiger partial charge in [0.15, 0.2) is 0 Å². The van der Waals surface area contributed by atoms with Gasteiger partial charge >= 0.3 is 0 Å². The van der Waals surface area contributed by atoms with Crippen molar-refractivity contribution in [1.29, 1.82) is 0 Å². The molecule has 0 N–H and O–H groups in total. The third kappa shape index (κ3) is 13.9. The molecule has 1 amide bonds. The van der Waals surface area contributed by atoms with Crippen LogP contribution in [0, 0.1) is 5.92 Å². The minimum absolute atomic E-state index is 0.326. The molecular formula is C27H51NO. The SMILES string of the molecule is CCCCC=CCCCCN(CCCCCCCCCC)C(=O)C1CCCCC1. The summed E-state index contributed by atoms with van der Waals surface area (Å²) < 4.78 is 0. The van der Waals surface area contributed by atoms with E-state index in [1.807, 2.05) is 0 Å². The van der Waals surface area contributed by atoms with E-state index in [4.69, 9.17) is 0 Å². The van der Waals surface area contributed by atoms with Crippen LogP contribution >= 0.6 is 0 Å². The van der Waals surface area contributed by atoms with Crippen LogP contribution < -0.4 is 0 Å². The lowest BCUT2D eigenvalue weighted by Gasteiger charge is -2.29. The van der Waals surface area contributed by atoms with Crippen LogP contribution in [0.1, 0.15) is 136 Å². The quantitative estimate of drug-likeness (QED) is 0.165. The van der Waals surface area contributed by atoms with Crippen molar-refractivity contribution in [1.82, 2.24) is 4.90 Å². The van der Waals surface area contributed by atoms with E-state index < -0.39 is 0 Å². The zero-order valence-electron chi connectivity index (χ0n) is 19.9. The summed E-state index contributed by atoms with van der Waals surface area (Å²) in [6.45, 7) is 6.50. The van der Waals surface area contributed by atoms with Gasteiger partial charge in [0.2, 0.25) is 5.91 Å². The average Bonchev–Trinajstić information content (AvgIpc) is 2.76. The van der Waals surface area contributed by atoms with Gasteiger partial charge in [-0.1, -0.05) is 103 Å². The van der Waals surface area contributed by atoms with Gasteiger partial charge in [-0.25, -0.2) is 0 Å². The predicted octanol–water partition coefficient (Wildman–Crippen LogP) is 8.45. The molecule has 0 aromatic carbocycles. The van der Waals surface area contributed by atoms with Crippen molar-refractivity contribution in [2.24, 2.45) is 5.92 Å². The van der Waals surface area contributed by atoms with Crippen LogP contribution in [0.4, 0.5) is 0 Å². The first-order valence-electron chi connectivity index (χ1n) is 13.2. The lowest BCUT2D eigenvalue weighted by molar-refractivity contribution is -0.136. The summed E-state index contributed by atoms with van der Waals surface area (Å²) >= 11 is 0. The van der Waals surface area contributed by atoms with Gasteiger partial charge in [-0.3, -0.25) is 4.79 Å². The van der Waals surface area contributed by atoms with Crippen LogP contribution in [-0.4, -0.2) is 23.9 Å². The van der Waals surface area contributed by atoms with Gasteiger partial charge in [-0.15, -0.1) is 0 Å². The third-order valence-electron chi connectivity index (χ3n) is 6.49. The Bertz CT molecular complexity index is 397. The van der Waals surface area contributed by atoms with E-state index in [-0.39, 0.29) is 0 Å². The summed E-state index contributed by atoms with van der Waals surface area (Å²) in [5, 5.41) is 0. The summed E-state index contributed by atoms with van der Waals surface area (Å²) in [7, 11) is 0. The minimum Gasteiger partial charge on any atom is -0.342 e. The maximum absolute atomic E-state index is 13.1. The molecule has 0 unspecified atom stereocenters. The molecule has 0 spiro atoms. The Kier molecular flexibility index (Phi) is 17.4. The van der Waals surface area contributed by atoms with Crippen molar-refractivity contribution < 1.29 is 4.79 Å². The largest absolute Gasteiger partial charge is 0.342 e. The van der Waals surface area contributed by atoms with Gasteiger partial charge in [0.25, 0.3) is 0 Å². The maximum atomic E-state index is 13.1. The van der Waals surface area contributed by atoms with Gasteiger partial charge in [-0.05, 0) is 44.9 Å². The van der Waals surface area contributed by atoms with Gasteiger partial charge in [-0.2, -0.15) is 0 Å². The number of rotatable bonds is 18. The lowest BCUT2D eigenvalue weighted by Crippen LogP contribution is -2.38. The highest BCUT2D eigenvalue weighted by Crippen LogP contribution is 2.26. The number of nitrogens with zero attached hydrogens (tertiary/aromatic N) is 1. The minimum atomic E-state index is 0.326. The molecule has 0 saturated heterocycles. The Balaban J connectivity index is 2.27. The predicted molar refractivity (Wildman–Crippen MR) is 128 cm³/mol. The van der Waals surface area contributed by atoms with E-state index >= 15 is 0 Å². The molecule has 0 aromatic rings. The molecule has 0 heterocycles. The molecule has 1 saturated carbocycles. The molecular weight excluding hydrogens is 354 g/mol. The molecule has 0 radical (unpaired) electrons. The van der Waals surface area contributed by atoms with Crippen LogP contribution in [-0.2, 0) is 4.79 Å². The highest BCUT2D eigenvalue weighted by Gasteiger charge is 2.25. The molecule has 1 aliphatic rings. The van der Waals surface area contributed by atoms with Crippen LogP contribution in [0.5, 0.6) is 0 Å². The summed E-state index contributed by atoms with van der Waals surface area (Å²) in [6.07, 6.45) is 28.9. The van der Waals surface area contributed by atoms with E-state index in [2.05, 4.69) is 30.9 Å². The van der Waals surface area contributed by atoms with E-state index in [1.165, 1.54) is 103 Å². The van der Waals surface area contributed by atoms with Gasteiger partial charge in [0, 0.05) is 19.0 Å². The second kappa shape index (κ2) is 19.2. The first kappa shape index (κ1) is 26.2. The lowest BCUT2D eigenvalue weighted by atomic mass is 9.88. The fourth-order valence-electron chi connectivity index (χ4n) is 4.50. The van der Waals surface area contributed by atoms with E-state index in [9.17, 15) is 4.79 Å². The van der Waals surface area contributed by atoms with Crippen molar-refractivity contribution in [2.75, 3.05) is 13.1 Å². The highest BCUT2D eigenvalue weighted by molar-refractivity contribution is 5.78. The summed E-state index contributed by atoms with van der Waals surface area (Å²) in [6, 6.07) is 0. The fourth-order valence-corrected chi connectivity index (χ4v) is 4.50. The van der Waals surface area contributed by atoms with Crippen molar-refractivity contribution in [3.63, 3.8) is 0 Å². The summed E-state index contributed by atoms with van der Waals surface area (Å²) in [4.78, 5) is 15.3. The molecule has 2 nitrogen and oxygen atoms in total. The molecule has 170 valence electrons. The Morgan fingerprint density at radius 1 is 0.690 bits per heavy atom. The van der Waals surface area contributed by atoms with Gasteiger partial charge < -0.3 is 4.90 Å². The van der Waals surface area contributed by atoms with Crippen molar-refractivity contribution in [3.8, 4) is 0 Å². The third-order valence-corrected chi connectivity index (χ3v) is 6.49. The van der Waals surface area contributed by atoms with Gasteiger partial charge in [0.1, 0.15) is 0 Å². The van der Waals surface area contributed by atoms with Crippen molar-refractivity contribution >= 4 is 5.91 Å². The van der Waals surface area contributed by atoms with Gasteiger partial charge in [0.05, 0.1) is 0 Å². The zero-order valence-corrected chi connectivity index (χ0v) is 19.9. The monoisotopic (exact) mass is 405 g/mol. The summed E-state index contributed by atoms with van der Waals surface area (Å²) in [5.74, 6) is 0.804. The molecule has 0 aromatic heterocycles. The number of hydrogen-bond donors (Lipinski definition) is 0. The number of unbranched alkanes of at least 4 members (excludes halogenated alkanes) is 11. The Hall–Kier alpha value is -0.790. The van der Waals surface area contributed by atoms with Crippen molar-refractivity contribution in [3.05, 3.63) is 12.2 Å². The molecule has 0 aliphatic heterocycles. The highest BCUT2D eigenvalue weighted by atomic mass is 16.2. The molecule has 1 rings (SSSR count). The standard InChI is InChI=1S/C27H51NO/c1-3-5-7-9-11-13-15-20-24-28(27(29)26-22-18-17-19-23-26)25-21-16-14-12-10-8-6-4-2/h9,11,26H,3-8,10,12-25H2,1-2H3. The Labute approximate surface area is 182 Å². The molecule has 29 heavy (non-hydrogen) atoms. The number of allylic oxidation sites excluding steroid dienone is 2. The molecule has 2 heteroatoms. The second-order valence-corrected chi connectivity index (χ2v) is 9.24. The van der Waals surface area contributed by atoms with Crippen molar-refractivity contribution in [2.45, 2.75) is 136 Å². The summed E-state index contributed by atoms with van der Waals surface area (Å²) in [5.41, 5.74) is 0. The van der Waals surface area contributed by atoms with E-state index in [1.54, 1.807) is 0 Å². The number of carbonyl (C=O) groups excluding carboxylic acids is 1. The average molecular weight is 406 g/mol. The maximum Gasteiger partial charge on any atom is 0.225 e. The molecule has 0 atom stereocenters. The zero-order chi connectivity index (χ0) is 21.0. The number of amides is 1. The number of carbonyl (C=O) groups is 1. The first-order valence-corrected chi connectivity index (χ1v) is 13.2. The second-order valence-electron chi connectivity index (χ2n) is 9.24. The molecule has 1 aliphatic carbocycles. The Morgan fingerprint density at radius 3 is 1.83 bits per heavy atom. The number of hydrogen-bond acceptors (Lipinski definition) is 1. The van der Waals surface area contributed by atoms with Crippen LogP contribution in [0.25, 0.3) is 0 Å². The fraction of sp³-hybridized carbons (Fsp3) is 0.889.